The molecule has 0 amide bonds. The molecule has 2 aromatic heterocycles. The lowest BCUT2D eigenvalue weighted by atomic mass is 10.0. The van der Waals surface area contributed by atoms with Crippen LogP contribution in [-0.2, 0) is 0 Å². The Morgan fingerprint density at radius 1 is 1.28 bits per heavy atom. The Balaban J connectivity index is 2.07. The van der Waals surface area contributed by atoms with Gasteiger partial charge in [0.1, 0.15) is 0 Å². The molecular formula is C15H23N3. The quantitative estimate of drug-likeness (QED) is 0.756. The molecule has 3 nitrogen and oxygen atoms in total. The maximum absolute atomic E-state index is 4.41. The monoisotopic (exact) mass is 245 g/mol. The maximum Gasteiger partial charge on any atom is 0.0709 e. The van der Waals surface area contributed by atoms with Crippen molar-refractivity contribution in [3.63, 3.8) is 0 Å². The summed E-state index contributed by atoms with van der Waals surface area (Å²) in [6.45, 7) is 2.25. The van der Waals surface area contributed by atoms with Crippen LogP contribution in [0.3, 0.4) is 0 Å². The summed E-state index contributed by atoms with van der Waals surface area (Å²) < 4.78 is 1.95. The molecular weight excluding hydrogens is 222 g/mol. The van der Waals surface area contributed by atoms with Gasteiger partial charge in [-0.1, -0.05) is 38.7 Å². The summed E-state index contributed by atoms with van der Waals surface area (Å²) in [5.74, 6) is 0. The number of pyridine rings is 1. The van der Waals surface area contributed by atoms with Gasteiger partial charge in [-0.05, 0) is 25.6 Å². The minimum atomic E-state index is 0.418. The number of fused-ring (bicyclic) bond motifs is 1. The van der Waals surface area contributed by atoms with Crippen LogP contribution in [0.1, 0.15) is 50.6 Å². The van der Waals surface area contributed by atoms with Crippen molar-refractivity contribution in [2.45, 2.75) is 45.1 Å². The molecule has 0 aliphatic rings. The molecule has 18 heavy (non-hydrogen) atoms. The van der Waals surface area contributed by atoms with Crippen molar-refractivity contribution in [3.05, 3.63) is 36.2 Å². The fourth-order valence-electron chi connectivity index (χ4n) is 2.45. The highest BCUT2D eigenvalue weighted by Gasteiger charge is 2.13. The Hall–Kier alpha value is -1.35. The van der Waals surface area contributed by atoms with E-state index >= 15 is 0 Å². The van der Waals surface area contributed by atoms with Crippen molar-refractivity contribution in [2.75, 3.05) is 7.05 Å². The van der Waals surface area contributed by atoms with Crippen LogP contribution in [-0.4, -0.2) is 16.7 Å². The molecule has 1 atom stereocenters. The molecule has 0 saturated carbocycles. The number of unbranched alkanes of at least 4 members (excludes halogenated alkanes) is 3. The van der Waals surface area contributed by atoms with Gasteiger partial charge in [-0.2, -0.15) is 5.10 Å². The molecule has 3 heteroatoms. The van der Waals surface area contributed by atoms with E-state index in [0.717, 1.165) is 0 Å². The van der Waals surface area contributed by atoms with Crippen molar-refractivity contribution < 1.29 is 0 Å². The third-order valence-corrected chi connectivity index (χ3v) is 3.53. The van der Waals surface area contributed by atoms with Gasteiger partial charge in [0.2, 0.25) is 0 Å². The highest BCUT2D eigenvalue weighted by molar-refractivity contribution is 5.54. The molecule has 0 aromatic carbocycles. The molecule has 0 aliphatic heterocycles. The van der Waals surface area contributed by atoms with Crippen molar-refractivity contribution in [1.29, 1.82) is 0 Å². The van der Waals surface area contributed by atoms with Crippen LogP contribution in [0.4, 0.5) is 0 Å². The Labute approximate surface area is 109 Å². The molecule has 1 N–H and O–H groups in total. The van der Waals surface area contributed by atoms with Gasteiger partial charge in [-0.15, -0.1) is 0 Å². The van der Waals surface area contributed by atoms with Gasteiger partial charge in [-0.25, -0.2) is 4.52 Å². The van der Waals surface area contributed by atoms with Crippen LogP contribution in [0.25, 0.3) is 5.52 Å². The molecule has 0 saturated heterocycles. The predicted molar refractivity (Wildman–Crippen MR) is 75.8 cm³/mol. The minimum Gasteiger partial charge on any atom is -0.313 e. The average Bonchev–Trinajstić information content (AvgIpc) is 2.83. The van der Waals surface area contributed by atoms with Crippen LogP contribution < -0.4 is 5.32 Å². The first-order valence-corrected chi connectivity index (χ1v) is 6.96. The van der Waals surface area contributed by atoms with Gasteiger partial charge < -0.3 is 5.32 Å². The third-order valence-electron chi connectivity index (χ3n) is 3.53. The smallest absolute Gasteiger partial charge is 0.0709 e. The number of nitrogens with one attached hydrogen (secondary N) is 1. The van der Waals surface area contributed by atoms with Gasteiger partial charge in [-0.3, -0.25) is 0 Å². The highest BCUT2D eigenvalue weighted by atomic mass is 15.2. The Kier molecular flexibility index (Phi) is 4.76. The Bertz CT molecular complexity index is 475. The summed E-state index contributed by atoms with van der Waals surface area (Å²) in [5, 5.41) is 7.83. The van der Waals surface area contributed by atoms with E-state index in [2.05, 4.69) is 29.5 Å². The van der Waals surface area contributed by atoms with Gasteiger partial charge in [0, 0.05) is 17.8 Å². The molecule has 2 aromatic rings. The van der Waals surface area contributed by atoms with E-state index in [4.69, 9.17) is 0 Å². The van der Waals surface area contributed by atoms with E-state index in [0.29, 0.717) is 6.04 Å². The molecule has 98 valence electrons. The second-order valence-electron chi connectivity index (χ2n) is 4.82. The summed E-state index contributed by atoms with van der Waals surface area (Å²) in [6.07, 6.45) is 10.4. The lowest BCUT2D eigenvalue weighted by Gasteiger charge is -2.15. The number of aromatic nitrogens is 2. The van der Waals surface area contributed by atoms with Gasteiger partial charge >= 0.3 is 0 Å². The number of nitrogens with zero attached hydrogens (tertiary/aromatic N) is 2. The predicted octanol–water partition coefficient (Wildman–Crippen LogP) is 3.57. The van der Waals surface area contributed by atoms with E-state index in [1.807, 2.05) is 30.0 Å². The lowest BCUT2D eigenvalue weighted by molar-refractivity contribution is 0.507. The Morgan fingerprint density at radius 3 is 2.94 bits per heavy atom. The standard InChI is InChI=1S/C15H23N3/c1-3-4-5-6-9-14(16-2)13-12-17-18-11-8-7-10-15(13)18/h7-8,10-12,14,16H,3-6,9H2,1-2H3. The second kappa shape index (κ2) is 6.55. The van der Waals surface area contributed by atoms with E-state index < -0.39 is 0 Å². The van der Waals surface area contributed by atoms with Crippen molar-refractivity contribution in [2.24, 2.45) is 0 Å². The van der Waals surface area contributed by atoms with Crippen LogP contribution in [0, 0.1) is 0 Å². The zero-order chi connectivity index (χ0) is 12.8. The fraction of sp³-hybridized carbons (Fsp3) is 0.533. The van der Waals surface area contributed by atoms with Gasteiger partial charge in [0.25, 0.3) is 0 Å². The molecule has 0 spiro atoms. The summed E-state index contributed by atoms with van der Waals surface area (Å²) >= 11 is 0. The van der Waals surface area contributed by atoms with Gasteiger partial charge in [0.15, 0.2) is 0 Å². The third kappa shape index (κ3) is 2.91. The van der Waals surface area contributed by atoms with Crippen LogP contribution in [0.5, 0.6) is 0 Å². The number of hydrogen-bond donors (Lipinski definition) is 1. The van der Waals surface area contributed by atoms with Crippen molar-refractivity contribution >= 4 is 5.52 Å². The highest BCUT2D eigenvalue weighted by Crippen LogP contribution is 2.23. The van der Waals surface area contributed by atoms with E-state index in [-0.39, 0.29) is 0 Å². The first kappa shape index (κ1) is 13.1. The van der Waals surface area contributed by atoms with Crippen molar-refractivity contribution in [1.82, 2.24) is 14.9 Å². The summed E-state index contributed by atoms with van der Waals surface area (Å²) in [5.41, 5.74) is 2.53. The first-order valence-electron chi connectivity index (χ1n) is 6.96. The van der Waals surface area contributed by atoms with Crippen LogP contribution in [0.15, 0.2) is 30.6 Å². The summed E-state index contributed by atoms with van der Waals surface area (Å²) in [7, 11) is 2.04. The molecule has 2 rings (SSSR count). The molecule has 0 aliphatic carbocycles. The number of hydrogen-bond acceptors (Lipinski definition) is 2. The normalized spacial score (nSPS) is 13.0. The summed E-state index contributed by atoms with van der Waals surface area (Å²) in [6, 6.07) is 6.64. The van der Waals surface area contributed by atoms with E-state index in [1.54, 1.807) is 0 Å². The van der Waals surface area contributed by atoms with E-state index in [9.17, 15) is 0 Å². The fourth-order valence-corrected chi connectivity index (χ4v) is 2.45. The lowest BCUT2D eigenvalue weighted by Crippen LogP contribution is -2.16. The topological polar surface area (TPSA) is 29.3 Å². The minimum absolute atomic E-state index is 0.418. The van der Waals surface area contributed by atoms with Gasteiger partial charge in [0.05, 0.1) is 11.7 Å². The zero-order valence-electron chi connectivity index (χ0n) is 11.4. The molecule has 0 fully saturated rings. The van der Waals surface area contributed by atoms with E-state index in [1.165, 1.54) is 43.2 Å². The molecule has 1 unspecified atom stereocenters. The Morgan fingerprint density at radius 2 is 2.17 bits per heavy atom. The number of rotatable bonds is 7. The van der Waals surface area contributed by atoms with Crippen LogP contribution >= 0.6 is 0 Å². The maximum atomic E-state index is 4.41. The molecule has 0 radical (unpaired) electrons. The largest absolute Gasteiger partial charge is 0.313 e. The summed E-state index contributed by atoms with van der Waals surface area (Å²) in [4.78, 5) is 0. The van der Waals surface area contributed by atoms with Crippen LogP contribution in [0.2, 0.25) is 0 Å². The SMILES string of the molecule is CCCCCCC(NC)c1cnn2ccccc12. The zero-order valence-corrected chi connectivity index (χ0v) is 11.4. The molecule has 2 heterocycles. The average molecular weight is 245 g/mol. The van der Waals surface area contributed by atoms with Crippen molar-refractivity contribution in [3.8, 4) is 0 Å². The first-order chi connectivity index (χ1) is 8.86. The molecule has 0 bridgehead atoms. The second-order valence-corrected chi connectivity index (χ2v) is 4.82.